The van der Waals surface area contributed by atoms with Crippen molar-refractivity contribution in [1.29, 1.82) is 0 Å². The monoisotopic (exact) mass is 486 g/mol. The lowest BCUT2D eigenvalue weighted by Gasteiger charge is -2.25. The molecule has 8 heteroatoms. The van der Waals surface area contributed by atoms with Crippen LogP contribution in [-0.4, -0.2) is 33.2 Å². The number of carbonyl (C=O) groups excluding carboxylic acids is 1. The van der Waals surface area contributed by atoms with Crippen LogP contribution in [0.3, 0.4) is 0 Å². The van der Waals surface area contributed by atoms with Crippen molar-refractivity contribution in [3.05, 3.63) is 95.3 Å². The van der Waals surface area contributed by atoms with E-state index in [4.69, 9.17) is 0 Å². The number of amides is 1. The number of carbonyl (C=O) groups is 1. The third-order valence-corrected chi connectivity index (χ3v) is 7.85. The Hall–Kier alpha value is -2.84. The largest absolute Gasteiger partial charge is 0.354 e. The van der Waals surface area contributed by atoms with Gasteiger partial charge in [0.25, 0.3) is 10.0 Å². The molecule has 0 aromatic heterocycles. The van der Waals surface area contributed by atoms with E-state index < -0.39 is 15.9 Å². The van der Waals surface area contributed by atoms with Crippen molar-refractivity contribution in [3.63, 3.8) is 0 Å². The topological polar surface area (TPSA) is 66.5 Å². The van der Waals surface area contributed by atoms with E-state index in [1.165, 1.54) is 17.8 Å². The van der Waals surface area contributed by atoms with Crippen LogP contribution in [0.4, 0.5) is 10.1 Å². The van der Waals surface area contributed by atoms with Crippen LogP contribution in [-0.2, 0) is 20.6 Å². The second-order valence-electron chi connectivity index (χ2n) is 7.61. The molecule has 1 amide bonds. The Balaban J connectivity index is 1.66. The molecule has 0 atom stereocenters. The maximum Gasteiger partial charge on any atom is 0.264 e. The van der Waals surface area contributed by atoms with E-state index >= 15 is 0 Å². The molecule has 0 aliphatic rings. The van der Waals surface area contributed by atoms with Crippen molar-refractivity contribution in [3.8, 4) is 0 Å². The number of nitrogens with one attached hydrogen (secondary N) is 1. The van der Waals surface area contributed by atoms with Gasteiger partial charge in [-0.25, -0.2) is 12.8 Å². The van der Waals surface area contributed by atoms with Gasteiger partial charge in [-0.1, -0.05) is 54.1 Å². The van der Waals surface area contributed by atoms with Crippen LogP contribution in [0, 0.1) is 19.7 Å². The number of hydrogen-bond donors (Lipinski definition) is 1. The minimum absolute atomic E-state index is 0.129. The van der Waals surface area contributed by atoms with Gasteiger partial charge in [0.1, 0.15) is 12.4 Å². The van der Waals surface area contributed by atoms with Crippen LogP contribution >= 0.6 is 11.8 Å². The highest BCUT2D eigenvalue weighted by Crippen LogP contribution is 2.26. The number of sulfonamides is 1. The molecule has 0 bridgehead atoms. The van der Waals surface area contributed by atoms with Gasteiger partial charge < -0.3 is 5.32 Å². The first kappa shape index (κ1) is 24.8. The first-order chi connectivity index (χ1) is 15.8. The SMILES string of the molecule is Cc1ccc(S(=O)(=O)N(CC(=O)NCCSCc2ccccc2F)c2ccccc2C)cc1. The number of thioether (sulfide) groups is 1. The molecule has 0 spiro atoms. The lowest BCUT2D eigenvalue weighted by molar-refractivity contribution is -0.119. The predicted molar refractivity (Wildman–Crippen MR) is 132 cm³/mol. The fraction of sp³-hybridized carbons (Fsp3) is 0.240. The molecular formula is C25H27FN2O3S2. The van der Waals surface area contributed by atoms with E-state index in [2.05, 4.69) is 5.32 Å². The summed E-state index contributed by atoms with van der Waals surface area (Å²) in [6, 6.07) is 20.2. The van der Waals surface area contributed by atoms with Crippen molar-refractivity contribution >= 4 is 33.4 Å². The molecule has 0 aliphatic carbocycles. The third-order valence-electron chi connectivity index (χ3n) is 5.06. The van der Waals surface area contributed by atoms with Crippen LogP contribution in [0.25, 0.3) is 0 Å². The van der Waals surface area contributed by atoms with Gasteiger partial charge in [-0.15, -0.1) is 0 Å². The number of rotatable bonds is 10. The zero-order chi connectivity index (χ0) is 23.8. The molecule has 0 saturated carbocycles. The number of benzene rings is 3. The summed E-state index contributed by atoms with van der Waals surface area (Å²) in [5.41, 5.74) is 2.77. The van der Waals surface area contributed by atoms with Gasteiger partial charge in [-0.05, 0) is 49.2 Å². The summed E-state index contributed by atoms with van der Waals surface area (Å²) in [5, 5.41) is 2.78. The smallest absolute Gasteiger partial charge is 0.264 e. The van der Waals surface area contributed by atoms with Gasteiger partial charge in [0.2, 0.25) is 5.91 Å². The van der Waals surface area contributed by atoms with E-state index in [1.807, 2.05) is 26.0 Å². The van der Waals surface area contributed by atoms with Crippen molar-refractivity contribution in [2.45, 2.75) is 24.5 Å². The van der Waals surface area contributed by atoms with Crippen LogP contribution in [0.1, 0.15) is 16.7 Å². The number of anilines is 1. The van der Waals surface area contributed by atoms with Crippen molar-refractivity contribution in [1.82, 2.24) is 5.32 Å². The van der Waals surface area contributed by atoms with Crippen molar-refractivity contribution in [2.24, 2.45) is 0 Å². The average Bonchev–Trinajstić information content (AvgIpc) is 2.79. The summed E-state index contributed by atoms with van der Waals surface area (Å²) in [7, 11) is -3.94. The van der Waals surface area contributed by atoms with E-state index in [0.717, 1.165) is 15.4 Å². The Labute approximate surface area is 199 Å². The van der Waals surface area contributed by atoms with Gasteiger partial charge >= 0.3 is 0 Å². The normalized spacial score (nSPS) is 11.2. The van der Waals surface area contributed by atoms with Gasteiger partial charge in [-0.2, -0.15) is 11.8 Å². The van der Waals surface area contributed by atoms with Gasteiger partial charge in [0.15, 0.2) is 0 Å². The van der Waals surface area contributed by atoms with Gasteiger partial charge in [0.05, 0.1) is 10.6 Å². The third kappa shape index (κ3) is 6.58. The Morgan fingerprint density at radius 1 is 0.970 bits per heavy atom. The van der Waals surface area contributed by atoms with Crippen molar-refractivity contribution < 1.29 is 17.6 Å². The summed E-state index contributed by atoms with van der Waals surface area (Å²) < 4.78 is 41.6. The first-order valence-electron chi connectivity index (χ1n) is 10.5. The van der Waals surface area contributed by atoms with Crippen LogP contribution in [0.2, 0.25) is 0 Å². The first-order valence-corrected chi connectivity index (χ1v) is 13.1. The number of halogens is 1. The molecule has 3 aromatic carbocycles. The Kier molecular flexibility index (Phi) is 8.52. The molecule has 174 valence electrons. The predicted octanol–water partition coefficient (Wildman–Crippen LogP) is 4.69. The Bertz CT molecular complexity index is 1200. The molecule has 0 unspecified atom stereocenters. The number of hydrogen-bond acceptors (Lipinski definition) is 4. The van der Waals surface area contributed by atoms with E-state index in [0.29, 0.717) is 29.3 Å². The fourth-order valence-electron chi connectivity index (χ4n) is 3.23. The number of nitrogens with zero attached hydrogens (tertiary/aromatic N) is 1. The lowest BCUT2D eigenvalue weighted by Crippen LogP contribution is -2.41. The highest BCUT2D eigenvalue weighted by atomic mass is 32.2. The minimum atomic E-state index is -3.94. The molecule has 3 rings (SSSR count). The summed E-state index contributed by atoms with van der Waals surface area (Å²) in [5.74, 6) is 0.430. The Morgan fingerprint density at radius 2 is 1.64 bits per heavy atom. The molecule has 5 nitrogen and oxygen atoms in total. The van der Waals surface area contributed by atoms with E-state index in [9.17, 15) is 17.6 Å². The molecule has 0 fully saturated rings. The molecule has 0 saturated heterocycles. The Morgan fingerprint density at radius 3 is 2.33 bits per heavy atom. The van der Waals surface area contributed by atoms with Crippen LogP contribution < -0.4 is 9.62 Å². The summed E-state index contributed by atoms with van der Waals surface area (Å²) >= 11 is 1.50. The zero-order valence-corrected chi connectivity index (χ0v) is 20.3. The highest BCUT2D eigenvalue weighted by Gasteiger charge is 2.28. The van der Waals surface area contributed by atoms with E-state index in [1.54, 1.807) is 54.6 Å². The highest BCUT2D eigenvalue weighted by molar-refractivity contribution is 7.98. The molecule has 3 aromatic rings. The fourth-order valence-corrected chi connectivity index (χ4v) is 5.56. The maximum atomic E-state index is 13.7. The van der Waals surface area contributed by atoms with Crippen molar-refractivity contribution in [2.75, 3.05) is 23.1 Å². The number of para-hydroxylation sites is 1. The average molecular weight is 487 g/mol. The summed E-state index contributed by atoms with van der Waals surface area (Å²) in [6.45, 7) is 3.71. The standard InChI is InChI=1S/C25H27FN2O3S2/c1-19-11-13-22(14-12-19)33(30,31)28(24-10-6-3-7-20(24)2)17-25(29)27-15-16-32-18-21-8-4-5-9-23(21)26/h3-14H,15-18H2,1-2H3,(H,27,29). The van der Waals surface area contributed by atoms with Crippen LogP contribution in [0.15, 0.2) is 77.7 Å². The molecule has 0 heterocycles. The molecule has 0 radical (unpaired) electrons. The molecule has 0 aliphatic heterocycles. The second kappa shape index (κ2) is 11.3. The van der Waals surface area contributed by atoms with Crippen LogP contribution in [0.5, 0.6) is 0 Å². The lowest BCUT2D eigenvalue weighted by atomic mass is 10.2. The van der Waals surface area contributed by atoms with Gasteiger partial charge in [-0.3, -0.25) is 9.10 Å². The van der Waals surface area contributed by atoms with Gasteiger partial charge in [0, 0.05) is 18.1 Å². The molecule has 33 heavy (non-hydrogen) atoms. The maximum absolute atomic E-state index is 13.7. The zero-order valence-electron chi connectivity index (χ0n) is 18.6. The number of aryl methyl sites for hydroxylation is 2. The quantitative estimate of drug-likeness (QED) is 0.423. The summed E-state index contributed by atoms with van der Waals surface area (Å²) in [4.78, 5) is 12.8. The molecule has 1 N–H and O–H groups in total. The minimum Gasteiger partial charge on any atom is -0.354 e. The second-order valence-corrected chi connectivity index (χ2v) is 10.6. The van der Waals surface area contributed by atoms with E-state index in [-0.39, 0.29) is 17.3 Å². The summed E-state index contributed by atoms with van der Waals surface area (Å²) in [6.07, 6.45) is 0. The molecular weight excluding hydrogens is 459 g/mol.